The Morgan fingerprint density at radius 3 is 2.05 bits per heavy atom. The molecule has 0 aliphatic heterocycles. The zero-order valence-electron chi connectivity index (χ0n) is 12.7. The second kappa shape index (κ2) is 13.1. The number of ether oxygens (including phenoxy) is 1. The third-order valence-electron chi connectivity index (χ3n) is 2.86. The van der Waals surface area contributed by atoms with Gasteiger partial charge in [0, 0.05) is 6.42 Å². The number of hydrogen-bond donors (Lipinski definition) is 0. The van der Waals surface area contributed by atoms with Crippen LogP contribution in [-0.4, -0.2) is 12.9 Å². The fraction of sp³-hybridized carbons (Fsp3) is 0.588. The molecule has 0 unspecified atom stereocenters. The van der Waals surface area contributed by atoms with Crippen molar-refractivity contribution in [2.24, 2.45) is 0 Å². The van der Waals surface area contributed by atoms with Gasteiger partial charge >= 0.3 is 0 Å². The van der Waals surface area contributed by atoms with Crippen molar-refractivity contribution in [3.8, 4) is 5.75 Å². The number of methoxy groups -OCH3 is 1. The van der Waals surface area contributed by atoms with Gasteiger partial charge in [-0.05, 0) is 25.5 Å². The molecule has 0 saturated heterocycles. The van der Waals surface area contributed by atoms with Gasteiger partial charge in [-0.3, -0.25) is 0 Å². The highest BCUT2D eigenvalue weighted by atomic mass is 16.5. The molecule has 19 heavy (non-hydrogen) atoms. The third kappa shape index (κ3) is 12.9. The predicted octanol–water partition coefficient (Wildman–Crippen LogP) is 5.02. The van der Waals surface area contributed by atoms with Crippen molar-refractivity contribution >= 4 is 5.78 Å². The van der Waals surface area contributed by atoms with E-state index < -0.39 is 0 Å². The van der Waals surface area contributed by atoms with Gasteiger partial charge in [0.25, 0.3) is 0 Å². The minimum Gasteiger partial charge on any atom is -0.497 e. The molecule has 0 fully saturated rings. The second-order valence-corrected chi connectivity index (χ2v) is 4.74. The Kier molecular flexibility index (Phi) is 12.2. The standard InChI is InChI=1S/C10H20O.C7H8O/c1-3-4-5-6-7-8-9-10(2)11;1-8-7-5-3-2-4-6-7/h3-9H2,1-2H3;2-6H,1H3. The van der Waals surface area contributed by atoms with Crippen LogP contribution in [0, 0.1) is 0 Å². The van der Waals surface area contributed by atoms with Crippen LogP contribution in [0.3, 0.4) is 0 Å². The van der Waals surface area contributed by atoms with Crippen LogP contribution >= 0.6 is 0 Å². The topological polar surface area (TPSA) is 26.3 Å². The van der Waals surface area contributed by atoms with Crippen molar-refractivity contribution < 1.29 is 9.53 Å². The smallest absolute Gasteiger partial charge is 0.129 e. The number of rotatable bonds is 8. The molecule has 0 aliphatic carbocycles. The molecule has 0 saturated carbocycles. The van der Waals surface area contributed by atoms with Gasteiger partial charge in [-0.25, -0.2) is 0 Å². The fourth-order valence-corrected chi connectivity index (χ4v) is 1.71. The molecular weight excluding hydrogens is 236 g/mol. The number of Topliss-reactive ketones (excluding diaryl/α,β-unsaturated/α-hetero) is 1. The Balaban J connectivity index is 0.000000356. The van der Waals surface area contributed by atoms with Crippen LogP contribution in [-0.2, 0) is 4.79 Å². The lowest BCUT2D eigenvalue weighted by atomic mass is 10.1. The van der Waals surface area contributed by atoms with E-state index in [1.165, 1.54) is 32.1 Å². The first kappa shape index (κ1) is 17.7. The van der Waals surface area contributed by atoms with Gasteiger partial charge in [0.05, 0.1) is 7.11 Å². The zero-order valence-corrected chi connectivity index (χ0v) is 12.7. The lowest BCUT2D eigenvalue weighted by molar-refractivity contribution is -0.117. The normalized spacial score (nSPS) is 9.42. The highest BCUT2D eigenvalue weighted by Gasteiger charge is 1.93. The van der Waals surface area contributed by atoms with E-state index in [2.05, 4.69) is 6.92 Å². The molecule has 108 valence electrons. The number of ketones is 1. The lowest BCUT2D eigenvalue weighted by Crippen LogP contribution is -1.88. The van der Waals surface area contributed by atoms with Gasteiger partial charge in [0.15, 0.2) is 0 Å². The van der Waals surface area contributed by atoms with E-state index in [1.54, 1.807) is 14.0 Å². The highest BCUT2D eigenvalue weighted by molar-refractivity contribution is 5.75. The summed E-state index contributed by atoms with van der Waals surface area (Å²) in [7, 11) is 1.66. The first-order chi connectivity index (χ1) is 9.20. The minimum atomic E-state index is 0.334. The van der Waals surface area contributed by atoms with E-state index in [0.717, 1.165) is 18.6 Å². The van der Waals surface area contributed by atoms with Crippen LogP contribution in [0.5, 0.6) is 5.75 Å². The summed E-state index contributed by atoms with van der Waals surface area (Å²) < 4.78 is 4.91. The molecule has 1 aromatic carbocycles. The maximum absolute atomic E-state index is 10.5. The Hall–Kier alpha value is -1.31. The Bertz CT molecular complexity index is 306. The van der Waals surface area contributed by atoms with Crippen molar-refractivity contribution in [2.45, 2.75) is 58.8 Å². The van der Waals surface area contributed by atoms with Gasteiger partial charge in [-0.1, -0.05) is 57.2 Å². The summed E-state index contributed by atoms with van der Waals surface area (Å²) >= 11 is 0. The molecule has 2 heteroatoms. The molecule has 2 nitrogen and oxygen atoms in total. The molecule has 1 rings (SSSR count). The van der Waals surface area contributed by atoms with Crippen molar-refractivity contribution in [3.63, 3.8) is 0 Å². The highest BCUT2D eigenvalue weighted by Crippen LogP contribution is 2.06. The monoisotopic (exact) mass is 264 g/mol. The average Bonchev–Trinajstić information content (AvgIpc) is 2.44. The van der Waals surface area contributed by atoms with Crippen LogP contribution in [0.1, 0.15) is 58.8 Å². The molecule has 0 spiro atoms. The first-order valence-electron chi connectivity index (χ1n) is 7.29. The van der Waals surface area contributed by atoms with Crippen LogP contribution in [0.4, 0.5) is 0 Å². The molecule has 0 aromatic heterocycles. The first-order valence-corrected chi connectivity index (χ1v) is 7.29. The van der Waals surface area contributed by atoms with E-state index in [0.29, 0.717) is 5.78 Å². The molecule has 1 aromatic rings. The number of para-hydroxylation sites is 1. The van der Waals surface area contributed by atoms with E-state index in [-0.39, 0.29) is 0 Å². The third-order valence-corrected chi connectivity index (χ3v) is 2.86. The fourth-order valence-electron chi connectivity index (χ4n) is 1.71. The lowest BCUT2D eigenvalue weighted by Gasteiger charge is -1.97. The number of unbranched alkanes of at least 4 members (excludes halogenated alkanes) is 5. The van der Waals surface area contributed by atoms with Crippen LogP contribution < -0.4 is 4.74 Å². The van der Waals surface area contributed by atoms with Gasteiger partial charge < -0.3 is 9.53 Å². The van der Waals surface area contributed by atoms with Crippen molar-refractivity contribution in [2.75, 3.05) is 7.11 Å². The van der Waals surface area contributed by atoms with E-state index in [4.69, 9.17) is 4.74 Å². The maximum atomic E-state index is 10.5. The maximum Gasteiger partial charge on any atom is 0.129 e. The van der Waals surface area contributed by atoms with Crippen molar-refractivity contribution in [1.29, 1.82) is 0 Å². The van der Waals surface area contributed by atoms with Gasteiger partial charge in [0.2, 0.25) is 0 Å². The Morgan fingerprint density at radius 2 is 1.58 bits per heavy atom. The Labute approximate surface area is 118 Å². The summed E-state index contributed by atoms with van der Waals surface area (Å²) in [6.07, 6.45) is 8.41. The molecule has 0 N–H and O–H groups in total. The molecule has 0 atom stereocenters. The largest absolute Gasteiger partial charge is 0.497 e. The summed E-state index contributed by atoms with van der Waals surface area (Å²) in [5, 5.41) is 0. The summed E-state index contributed by atoms with van der Waals surface area (Å²) in [6.45, 7) is 3.89. The molecule has 0 bridgehead atoms. The summed E-state index contributed by atoms with van der Waals surface area (Å²) in [4.78, 5) is 10.5. The Morgan fingerprint density at radius 1 is 1.00 bits per heavy atom. The summed E-state index contributed by atoms with van der Waals surface area (Å²) in [5.74, 6) is 1.24. The van der Waals surface area contributed by atoms with Crippen LogP contribution in [0.2, 0.25) is 0 Å². The molecule has 0 aliphatic rings. The summed E-state index contributed by atoms with van der Waals surface area (Å²) in [5.41, 5.74) is 0. The quantitative estimate of drug-likeness (QED) is 0.616. The minimum absolute atomic E-state index is 0.334. The molecule has 0 heterocycles. The molecule has 0 radical (unpaired) electrons. The van der Waals surface area contributed by atoms with Gasteiger partial charge in [0.1, 0.15) is 11.5 Å². The number of hydrogen-bond acceptors (Lipinski definition) is 2. The zero-order chi connectivity index (χ0) is 14.3. The summed E-state index contributed by atoms with van der Waals surface area (Å²) in [6, 6.07) is 9.68. The van der Waals surface area contributed by atoms with Crippen molar-refractivity contribution in [3.05, 3.63) is 30.3 Å². The van der Waals surface area contributed by atoms with E-state index >= 15 is 0 Å². The van der Waals surface area contributed by atoms with Crippen LogP contribution in [0.15, 0.2) is 30.3 Å². The van der Waals surface area contributed by atoms with E-state index in [1.807, 2.05) is 30.3 Å². The van der Waals surface area contributed by atoms with E-state index in [9.17, 15) is 4.79 Å². The van der Waals surface area contributed by atoms with Crippen molar-refractivity contribution in [1.82, 2.24) is 0 Å². The van der Waals surface area contributed by atoms with Gasteiger partial charge in [-0.15, -0.1) is 0 Å². The predicted molar refractivity (Wildman–Crippen MR) is 81.7 cm³/mol. The molecular formula is C17H28O2. The molecule has 0 amide bonds. The van der Waals surface area contributed by atoms with Gasteiger partial charge in [-0.2, -0.15) is 0 Å². The number of carbonyl (C=O) groups excluding carboxylic acids is 1. The number of benzene rings is 1. The van der Waals surface area contributed by atoms with Crippen LogP contribution in [0.25, 0.3) is 0 Å². The number of carbonyl (C=O) groups is 1. The second-order valence-electron chi connectivity index (χ2n) is 4.74. The average molecular weight is 264 g/mol. The SMILES string of the molecule is CCCCCCCCC(C)=O.COc1ccccc1.